The average Bonchev–Trinajstić information content (AvgIpc) is 2.71. The summed E-state index contributed by atoms with van der Waals surface area (Å²) >= 11 is 5.82. The first-order valence-corrected chi connectivity index (χ1v) is 9.79. The fourth-order valence-electron chi connectivity index (χ4n) is 3.11. The molecule has 1 aliphatic rings. The number of nitrogens with zero attached hydrogens (tertiary/aromatic N) is 1. The van der Waals surface area contributed by atoms with Crippen molar-refractivity contribution >= 4 is 17.5 Å². The van der Waals surface area contributed by atoms with Crippen LogP contribution in [0.5, 0.6) is 11.5 Å². The lowest BCUT2D eigenvalue weighted by molar-refractivity contribution is -0.274. The number of alkyl halides is 3. The van der Waals surface area contributed by atoms with Crippen molar-refractivity contribution in [2.75, 3.05) is 19.7 Å². The quantitative estimate of drug-likeness (QED) is 0.615. The van der Waals surface area contributed by atoms with Crippen LogP contribution >= 0.6 is 11.6 Å². The molecule has 0 aliphatic carbocycles. The molecule has 1 unspecified atom stereocenters. The molecular weight excluding hydrogens is 423 g/mol. The number of ether oxygens (including phenoxy) is 3. The minimum atomic E-state index is -4.74. The molecule has 1 amide bonds. The number of hydrogen-bond donors (Lipinski definition) is 0. The minimum Gasteiger partial charge on any atom is -0.484 e. The zero-order valence-corrected chi connectivity index (χ0v) is 16.8. The molecule has 30 heavy (non-hydrogen) atoms. The van der Waals surface area contributed by atoms with Crippen molar-refractivity contribution in [1.82, 2.24) is 4.90 Å². The van der Waals surface area contributed by atoms with Crippen LogP contribution in [0.2, 0.25) is 5.02 Å². The lowest BCUT2D eigenvalue weighted by Gasteiger charge is -2.32. The molecule has 2 aromatic rings. The van der Waals surface area contributed by atoms with Gasteiger partial charge in [-0.2, -0.15) is 0 Å². The van der Waals surface area contributed by atoms with Gasteiger partial charge in [0.05, 0.1) is 12.7 Å². The molecule has 0 bridgehead atoms. The van der Waals surface area contributed by atoms with Crippen LogP contribution in [0.4, 0.5) is 13.2 Å². The number of benzene rings is 2. The molecule has 3 rings (SSSR count). The number of likely N-dealkylation sites (tertiary alicyclic amines) is 1. The van der Waals surface area contributed by atoms with E-state index in [0.29, 0.717) is 29.4 Å². The number of piperidine rings is 1. The van der Waals surface area contributed by atoms with Gasteiger partial charge in [0.1, 0.15) is 11.5 Å². The number of carbonyl (C=O) groups excluding carboxylic acids is 1. The van der Waals surface area contributed by atoms with Gasteiger partial charge < -0.3 is 19.1 Å². The second kappa shape index (κ2) is 10.0. The van der Waals surface area contributed by atoms with Crippen molar-refractivity contribution in [3.05, 3.63) is 59.1 Å². The molecule has 162 valence electrons. The van der Waals surface area contributed by atoms with Crippen LogP contribution in [0.1, 0.15) is 18.4 Å². The monoisotopic (exact) mass is 443 g/mol. The van der Waals surface area contributed by atoms with E-state index in [1.165, 1.54) is 18.2 Å². The molecule has 9 heteroatoms. The molecular formula is C21H21ClF3NO4. The number of hydrogen-bond acceptors (Lipinski definition) is 4. The molecule has 1 saturated heterocycles. The summed E-state index contributed by atoms with van der Waals surface area (Å²) in [6.45, 7) is 1.05. The maximum absolute atomic E-state index is 12.4. The second-order valence-electron chi connectivity index (χ2n) is 6.85. The summed E-state index contributed by atoms with van der Waals surface area (Å²) in [5, 5.41) is 0.584. The first-order valence-electron chi connectivity index (χ1n) is 9.41. The van der Waals surface area contributed by atoms with Crippen LogP contribution in [0.25, 0.3) is 0 Å². The Labute approximate surface area is 177 Å². The third kappa shape index (κ3) is 7.11. The summed E-state index contributed by atoms with van der Waals surface area (Å²) in [6, 6.07) is 12.4. The minimum absolute atomic E-state index is 0.0921. The topological polar surface area (TPSA) is 48.0 Å². The van der Waals surface area contributed by atoms with Crippen LogP contribution in [-0.4, -0.2) is 43.0 Å². The van der Waals surface area contributed by atoms with E-state index in [1.807, 2.05) is 0 Å². The van der Waals surface area contributed by atoms with E-state index in [9.17, 15) is 18.0 Å². The highest BCUT2D eigenvalue weighted by Crippen LogP contribution is 2.24. The standard InChI is InChI=1S/C21H21ClF3NO4/c22-16-6-8-17(9-7-16)29-14-20(27)26-10-2-5-19(12-26)28-13-15-3-1-4-18(11-15)30-21(23,24)25/h1,3-4,6-9,11,19H,2,5,10,12-14H2. The third-order valence-electron chi connectivity index (χ3n) is 4.52. The van der Waals surface area contributed by atoms with Crippen LogP contribution in [0.15, 0.2) is 48.5 Å². The fraction of sp³-hybridized carbons (Fsp3) is 0.381. The summed E-state index contributed by atoms with van der Waals surface area (Å²) < 4.78 is 52.3. The molecule has 0 aromatic heterocycles. The molecule has 0 spiro atoms. The zero-order chi connectivity index (χ0) is 21.6. The van der Waals surface area contributed by atoms with Crippen LogP contribution in [0, 0.1) is 0 Å². The normalized spacial score (nSPS) is 16.9. The van der Waals surface area contributed by atoms with Crippen LogP contribution < -0.4 is 9.47 Å². The van der Waals surface area contributed by atoms with Crippen molar-refractivity contribution in [3.63, 3.8) is 0 Å². The van der Waals surface area contributed by atoms with E-state index < -0.39 is 6.36 Å². The molecule has 1 heterocycles. The second-order valence-corrected chi connectivity index (χ2v) is 7.29. The molecule has 0 saturated carbocycles. The summed E-state index contributed by atoms with van der Waals surface area (Å²) in [5.41, 5.74) is 0.561. The summed E-state index contributed by atoms with van der Waals surface area (Å²) in [4.78, 5) is 14.1. The van der Waals surface area contributed by atoms with Crippen molar-refractivity contribution in [2.45, 2.75) is 31.9 Å². The smallest absolute Gasteiger partial charge is 0.484 e. The number of carbonyl (C=O) groups is 1. The van der Waals surface area contributed by atoms with Gasteiger partial charge in [-0.3, -0.25) is 4.79 Å². The van der Waals surface area contributed by atoms with Crippen molar-refractivity contribution in [2.24, 2.45) is 0 Å². The van der Waals surface area contributed by atoms with Crippen molar-refractivity contribution < 1.29 is 32.2 Å². The zero-order valence-electron chi connectivity index (χ0n) is 16.0. The Balaban J connectivity index is 1.47. The molecule has 0 N–H and O–H groups in total. The van der Waals surface area contributed by atoms with Gasteiger partial charge in [0.15, 0.2) is 6.61 Å². The highest BCUT2D eigenvalue weighted by molar-refractivity contribution is 6.30. The third-order valence-corrected chi connectivity index (χ3v) is 4.78. The van der Waals surface area contributed by atoms with Gasteiger partial charge >= 0.3 is 6.36 Å². The summed E-state index contributed by atoms with van der Waals surface area (Å²) in [7, 11) is 0. The first-order chi connectivity index (χ1) is 14.3. The van der Waals surface area contributed by atoms with Gasteiger partial charge in [0.2, 0.25) is 0 Å². The fourth-order valence-corrected chi connectivity index (χ4v) is 3.24. The molecule has 0 radical (unpaired) electrons. The van der Waals surface area contributed by atoms with Gasteiger partial charge in [-0.05, 0) is 54.8 Å². The Morgan fingerprint density at radius 3 is 2.63 bits per heavy atom. The predicted molar refractivity (Wildman–Crippen MR) is 104 cm³/mol. The highest BCUT2D eigenvalue weighted by atomic mass is 35.5. The lowest BCUT2D eigenvalue weighted by Crippen LogP contribution is -2.45. The Bertz CT molecular complexity index is 845. The number of halogens is 4. The lowest BCUT2D eigenvalue weighted by atomic mass is 10.1. The highest BCUT2D eigenvalue weighted by Gasteiger charge is 2.31. The van der Waals surface area contributed by atoms with E-state index in [1.54, 1.807) is 35.2 Å². The first kappa shape index (κ1) is 22.2. The predicted octanol–water partition coefficient (Wildman–Crippen LogP) is 4.83. The van der Waals surface area contributed by atoms with Crippen molar-refractivity contribution in [3.8, 4) is 11.5 Å². The molecule has 5 nitrogen and oxygen atoms in total. The summed E-state index contributed by atoms with van der Waals surface area (Å²) in [6.07, 6.45) is -3.40. The van der Waals surface area contributed by atoms with Gasteiger partial charge in [-0.25, -0.2) is 0 Å². The molecule has 2 aromatic carbocycles. The largest absolute Gasteiger partial charge is 0.573 e. The molecule has 1 aliphatic heterocycles. The average molecular weight is 444 g/mol. The van der Waals surface area contributed by atoms with Crippen LogP contribution in [-0.2, 0) is 16.1 Å². The van der Waals surface area contributed by atoms with Crippen molar-refractivity contribution in [1.29, 1.82) is 0 Å². The number of rotatable bonds is 7. The van der Waals surface area contributed by atoms with E-state index >= 15 is 0 Å². The van der Waals surface area contributed by atoms with Gasteiger partial charge in [0.25, 0.3) is 5.91 Å². The number of amides is 1. The van der Waals surface area contributed by atoms with E-state index in [4.69, 9.17) is 21.1 Å². The van der Waals surface area contributed by atoms with E-state index in [-0.39, 0.29) is 31.0 Å². The Morgan fingerprint density at radius 2 is 1.90 bits per heavy atom. The molecule has 1 fully saturated rings. The van der Waals surface area contributed by atoms with Crippen LogP contribution in [0.3, 0.4) is 0 Å². The Kier molecular flexibility index (Phi) is 7.44. The van der Waals surface area contributed by atoms with E-state index in [0.717, 1.165) is 12.8 Å². The maximum Gasteiger partial charge on any atom is 0.573 e. The maximum atomic E-state index is 12.4. The molecule has 1 atom stereocenters. The Hall–Kier alpha value is -2.45. The van der Waals surface area contributed by atoms with Gasteiger partial charge in [0, 0.05) is 18.1 Å². The summed E-state index contributed by atoms with van der Waals surface area (Å²) in [5.74, 6) is 0.112. The van der Waals surface area contributed by atoms with Gasteiger partial charge in [-0.1, -0.05) is 23.7 Å². The van der Waals surface area contributed by atoms with E-state index in [2.05, 4.69) is 4.74 Å². The Morgan fingerprint density at radius 1 is 1.13 bits per heavy atom. The van der Waals surface area contributed by atoms with Gasteiger partial charge in [-0.15, -0.1) is 13.2 Å². The SMILES string of the molecule is O=C(COc1ccc(Cl)cc1)N1CCCC(OCc2cccc(OC(F)(F)F)c2)C1.